The molecular weight excluding hydrogens is 333 g/mol. The first-order valence-electron chi connectivity index (χ1n) is 3.16. The van der Waals surface area contributed by atoms with Crippen LogP contribution >= 0.6 is 31.9 Å². The summed E-state index contributed by atoms with van der Waals surface area (Å²) in [4.78, 5) is 3.56. The number of ether oxygens (including phenoxy) is 1. The second kappa shape index (κ2) is 3.93. The highest BCUT2D eigenvalue weighted by atomic mass is 79.9. The molecule has 3 nitrogen and oxygen atoms in total. The van der Waals surface area contributed by atoms with Gasteiger partial charge in [0.25, 0.3) is 0 Å². The molecule has 1 heterocycles. The molecule has 2 N–H and O–H groups in total. The number of aromatic nitrogens is 1. The van der Waals surface area contributed by atoms with E-state index in [-0.39, 0.29) is 14.8 Å². The monoisotopic (exact) mass is 334 g/mol. The fraction of sp³-hybridized carbons (Fsp3) is 0.167. The van der Waals surface area contributed by atoms with E-state index in [2.05, 4.69) is 41.6 Å². The average Bonchev–Trinajstić information content (AvgIpc) is 2.04. The normalized spacial score (nSPS) is 11.5. The van der Waals surface area contributed by atoms with Crippen LogP contribution in [0.15, 0.2) is 15.3 Å². The van der Waals surface area contributed by atoms with E-state index in [9.17, 15) is 13.2 Å². The summed E-state index contributed by atoms with van der Waals surface area (Å²) in [6, 6.07) is 0. The number of nitrogens with zero attached hydrogens (tertiary/aromatic N) is 1. The van der Waals surface area contributed by atoms with Gasteiger partial charge in [-0.05, 0) is 31.9 Å². The predicted octanol–water partition coefficient (Wildman–Crippen LogP) is 3.09. The van der Waals surface area contributed by atoms with E-state index in [4.69, 9.17) is 5.73 Å². The van der Waals surface area contributed by atoms with Crippen molar-refractivity contribution >= 4 is 37.5 Å². The first kappa shape index (κ1) is 11.6. The van der Waals surface area contributed by atoms with Crippen molar-refractivity contribution in [2.75, 3.05) is 5.73 Å². The van der Waals surface area contributed by atoms with Gasteiger partial charge in [0.15, 0.2) is 5.75 Å². The molecule has 0 aliphatic heterocycles. The summed E-state index contributed by atoms with van der Waals surface area (Å²) in [5.74, 6) is -0.474. The summed E-state index contributed by atoms with van der Waals surface area (Å²) < 4.78 is 39.4. The fourth-order valence-corrected chi connectivity index (χ4v) is 1.60. The zero-order valence-electron chi connectivity index (χ0n) is 6.40. The Morgan fingerprint density at radius 3 is 2.43 bits per heavy atom. The Balaban J connectivity index is 3.06. The molecule has 0 fully saturated rings. The van der Waals surface area contributed by atoms with Crippen LogP contribution in [0.25, 0.3) is 0 Å². The number of rotatable bonds is 1. The molecule has 0 bridgehead atoms. The van der Waals surface area contributed by atoms with E-state index in [0.717, 1.165) is 6.20 Å². The zero-order valence-corrected chi connectivity index (χ0v) is 9.57. The Morgan fingerprint density at radius 2 is 1.93 bits per heavy atom. The lowest BCUT2D eigenvalue weighted by molar-refractivity contribution is -0.275. The van der Waals surface area contributed by atoms with E-state index >= 15 is 0 Å². The van der Waals surface area contributed by atoms with Crippen molar-refractivity contribution < 1.29 is 17.9 Å². The van der Waals surface area contributed by atoms with E-state index < -0.39 is 12.1 Å². The maximum absolute atomic E-state index is 11.8. The first-order chi connectivity index (χ1) is 6.31. The van der Waals surface area contributed by atoms with E-state index in [1.165, 1.54) is 0 Å². The Hall–Kier alpha value is -0.500. The van der Waals surface area contributed by atoms with Gasteiger partial charge in [-0.2, -0.15) is 0 Å². The molecule has 0 spiro atoms. The summed E-state index contributed by atoms with van der Waals surface area (Å²) in [5, 5.41) is 0. The molecule has 0 amide bonds. The van der Waals surface area contributed by atoms with Crippen LogP contribution < -0.4 is 10.5 Å². The predicted molar refractivity (Wildman–Crippen MR) is 50.7 cm³/mol. The number of pyridine rings is 1. The van der Waals surface area contributed by atoms with Crippen molar-refractivity contribution in [1.82, 2.24) is 4.98 Å². The summed E-state index contributed by atoms with van der Waals surface area (Å²) in [6.07, 6.45) is -3.84. The first-order valence-corrected chi connectivity index (χ1v) is 4.75. The van der Waals surface area contributed by atoms with Crippen LogP contribution in [0.1, 0.15) is 0 Å². The lowest BCUT2D eigenvalue weighted by Gasteiger charge is -2.11. The number of halogens is 5. The largest absolute Gasteiger partial charge is 0.573 e. The second-order valence-electron chi connectivity index (χ2n) is 2.19. The van der Waals surface area contributed by atoms with Crippen molar-refractivity contribution in [3.05, 3.63) is 15.3 Å². The van der Waals surface area contributed by atoms with E-state index in [1.807, 2.05) is 0 Å². The van der Waals surface area contributed by atoms with Crippen LogP contribution in [0, 0.1) is 0 Å². The highest BCUT2D eigenvalue weighted by Crippen LogP contribution is 2.36. The van der Waals surface area contributed by atoms with Crippen molar-refractivity contribution in [3.63, 3.8) is 0 Å². The van der Waals surface area contributed by atoms with Gasteiger partial charge in [0.2, 0.25) is 0 Å². The molecular formula is C6H3Br2F3N2O. The van der Waals surface area contributed by atoms with Crippen molar-refractivity contribution in [2.45, 2.75) is 6.36 Å². The van der Waals surface area contributed by atoms with Crippen LogP contribution in [0.4, 0.5) is 18.9 Å². The molecule has 0 aliphatic carbocycles. The summed E-state index contributed by atoms with van der Waals surface area (Å²) in [5.41, 5.74) is 5.45. The van der Waals surface area contributed by atoms with Gasteiger partial charge < -0.3 is 10.5 Å². The topological polar surface area (TPSA) is 48.1 Å². The lowest BCUT2D eigenvalue weighted by Crippen LogP contribution is -2.17. The van der Waals surface area contributed by atoms with Crippen LogP contribution in [0.5, 0.6) is 5.75 Å². The maximum Gasteiger partial charge on any atom is 0.573 e. The van der Waals surface area contributed by atoms with E-state index in [1.54, 1.807) is 0 Å². The quantitative estimate of drug-likeness (QED) is 0.802. The SMILES string of the molecule is Nc1c(Br)ncc(OC(F)(F)F)c1Br. The number of hydrogen-bond acceptors (Lipinski definition) is 3. The third-order valence-corrected chi connectivity index (χ3v) is 2.65. The molecule has 78 valence electrons. The second-order valence-corrected chi connectivity index (χ2v) is 3.73. The van der Waals surface area contributed by atoms with Crippen LogP contribution in [0.3, 0.4) is 0 Å². The molecule has 0 unspecified atom stereocenters. The third kappa shape index (κ3) is 2.74. The molecule has 0 saturated heterocycles. The molecule has 1 aromatic rings. The Morgan fingerprint density at radius 1 is 1.36 bits per heavy atom. The number of alkyl halides is 3. The molecule has 1 aromatic heterocycles. The van der Waals surface area contributed by atoms with Gasteiger partial charge in [-0.25, -0.2) is 4.98 Å². The minimum atomic E-state index is -4.76. The fourth-order valence-electron chi connectivity index (χ4n) is 0.661. The minimum absolute atomic E-state index is 0.0108. The molecule has 0 aromatic carbocycles. The highest BCUT2D eigenvalue weighted by molar-refractivity contribution is 9.11. The summed E-state index contributed by atoms with van der Waals surface area (Å²) in [6.45, 7) is 0. The summed E-state index contributed by atoms with van der Waals surface area (Å²) >= 11 is 5.82. The van der Waals surface area contributed by atoms with Crippen LogP contribution in [0.2, 0.25) is 0 Å². The molecule has 8 heteroatoms. The molecule has 0 saturated carbocycles. The Kier molecular flexibility index (Phi) is 3.25. The maximum atomic E-state index is 11.8. The third-order valence-electron chi connectivity index (χ3n) is 1.20. The van der Waals surface area contributed by atoms with Gasteiger partial charge >= 0.3 is 6.36 Å². The molecule has 1 rings (SSSR count). The number of nitrogens with two attached hydrogens (primary N) is 1. The minimum Gasteiger partial charge on any atom is -0.403 e. The Labute approximate surface area is 93.7 Å². The Bertz CT molecular complexity index is 356. The van der Waals surface area contributed by atoms with Crippen molar-refractivity contribution in [1.29, 1.82) is 0 Å². The smallest absolute Gasteiger partial charge is 0.403 e. The summed E-state index contributed by atoms with van der Waals surface area (Å²) in [7, 11) is 0. The standard InChI is InChI=1S/C6H3Br2F3N2O/c7-3-2(14-6(9,10)11)1-13-5(8)4(3)12/h1H,12H2. The number of nitrogen functional groups attached to an aromatic ring is 1. The van der Waals surface area contributed by atoms with Crippen LogP contribution in [-0.2, 0) is 0 Å². The molecule has 0 aliphatic rings. The number of anilines is 1. The van der Waals surface area contributed by atoms with Gasteiger partial charge in [-0.1, -0.05) is 0 Å². The van der Waals surface area contributed by atoms with Crippen molar-refractivity contribution in [3.8, 4) is 5.75 Å². The number of hydrogen-bond donors (Lipinski definition) is 1. The zero-order chi connectivity index (χ0) is 10.9. The van der Waals surface area contributed by atoms with Gasteiger partial charge in [0, 0.05) is 0 Å². The van der Waals surface area contributed by atoms with Gasteiger partial charge in [0.05, 0.1) is 16.4 Å². The van der Waals surface area contributed by atoms with Gasteiger partial charge in [0.1, 0.15) is 4.60 Å². The molecule has 0 atom stereocenters. The molecule has 14 heavy (non-hydrogen) atoms. The van der Waals surface area contributed by atoms with E-state index in [0.29, 0.717) is 0 Å². The van der Waals surface area contributed by atoms with Crippen molar-refractivity contribution in [2.24, 2.45) is 0 Å². The average molecular weight is 336 g/mol. The highest BCUT2D eigenvalue weighted by Gasteiger charge is 2.32. The molecule has 0 radical (unpaired) electrons. The van der Waals surface area contributed by atoms with Gasteiger partial charge in [-0.3, -0.25) is 0 Å². The van der Waals surface area contributed by atoms with Gasteiger partial charge in [-0.15, -0.1) is 13.2 Å². The van der Waals surface area contributed by atoms with Crippen LogP contribution in [-0.4, -0.2) is 11.3 Å². The lowest BCUT2D eigenvalue weighted by atomic mass is 10.4.